The fraction of sp³-hybridized carbons (Fsp3) is 0.400. The quantitative estimate of drug-likeness (QED) is 0.559. The average molecular weight is 427 g/mol. The van der Waals surface area contributed by atoms with Crippen molar-refractivity contribution in [3.63, 3.8) is 0 Å². The zero-order chi connectivity index (χ0) is 21.8. The van der Waals surface area contributed by atoms with Gasteiger partial charge in [-0.3, -0.25) is 14.5 Å². The molecule has 30 heavy (non-hydrogen) atoms. The molecule has 1 aliphatic heterocycles. The van der Waals surface area contributed by atoms with Gasteiger partial charge in [0.2, 0.25) is 11.2 Å². The number of hydrogen-bond acceptors (Lipinski definition) is 7. The topological polar surface area (TPSA) is 89.2 Å². The second-order valence-electron chi connectivity index (χ2n) is 6.81. The van der Waals surface area contributed by atoms with Gasteiger partial charge in [-0.05, 0) is 17.7 Å². The lowest BCUT2D eigenvalue weighted by Gasteiger charge is -2.26. The number of morpholine rings is 1. The van der Waals surface area contributed by atoms with Gasteiger partial charge < -0.3 is 19.0 Å². The molecule has 3 rings (SSSR count). The monoisotopic (exact) mass is 427 g/mol. The third-order valence-electron chi connectivity index (χ3n) is 4.81. The Morgan fingerprint density at radius 3 is 2.43 bits per heavy atom. The number of carbonyl (C=O) groups is 1. The van der Waals surface area contributed by atoms with Crippen molar-refractivity contribution >= 4 is 5.97 Å². The third-order valence-corrected chi connectivity index (χ3v) is 4.81. The van der Waals surface area contributed by atoms with Crippen molar-refractivity contribution in [3.8, 4) is 5.75 Å². The number of aromatic hydroxyl groups is 1. The summed E-state index contributed by atoms with van der Waals surface area (Å²) >= 11 is 0. The van der Waals surface area contributed by atoms with Gasteiger partial charge in [0.05, 0.1) is 39.2 Å². The first kappa shape index (κ1) is 21.8. The molecule has 1 atom stereocenters. The Kier molecular flexibility index (Phi) is 6.78. The standard InChI is InChI=1S/C20H20F3NO6/c1-28-17(26)9-13(11-6-14(21)18(23)15(22)7-11)20-19(27)16(25)8-12(30-20)10-24-2-4-29-5-3-24/h6-8,13,27H,2-5,9-10H2,1H3. The highest BCUT2D eigenvalue weighted by Gasteiger charge is 2.29. The number of hydrogen-bond donors (Lipinski definition) is 1. The molecule has 0 bridgehead atoms. The van der Waals surface area contributed by atoms with Crippen molar-refractivity contribution in [1.29, 1.82) is 0 Å². The van der Waals surface area contributed by atoms with Crippen LogP contribution in [0.1, 0.15) is 29.4 Å². The maximum absolute atomic E-state index is 13.8. The summed E-state index contributed by atoms with van der Waals surface area (Å²) in [6.45, 7) is 2.44. The lowest BCUT2D eigenvalue weighted by Crippen LogP contribution is -2.35. The summed E-state index contributed by atoms with van der Waals surface area (Å²) in [6, 6.07) is 2.47. The molecule has 10 heteroatoms. The zero-order valence-electron chi connectivity index (χ0n) is 16.1. The number of carbonyl (C=O) groups excluding carboxylic acids is 1. The molecule has 2 aromatic rings. The summed E-state index contributed by atoms with van der Waals surface area (Å²) in [5, 5.41) is 10.3. The third kappa shape index (κ3) is 4.82. The average Bonchev–Trinajstić information content (AvgIpc) is 2.73. The van der Waals surface area contributed by atoms with Crippen LogP contribution in [0.5, 0.6) is 5.75 Å². The van der Waals surface area contributed by atoms with Crippen LogP contribution >= 0.6 is 0 Å². The fourth-order valence-electron chi connectivity index (χ4n) is 3.24. The molecule has 162 valence electrons. The van der Waals surface area contributed by atoms with E-state index in [1.54, 1.807) is 0 Å². The maximum Gasteiger partial charge on any atom is 0.306 e. The lowest BCUT2D eigenvalue weighted by molar-refractivity contribution is -0.140. The van der Waals surface area contributed by atoms with Crippen molar-refractivity contribution in [2.75, 3.05) is 33.4 Å². The van der Waals surface area contributed by atoms with E-state index in [-0.39, 0.29) is 23.6 Å². The molecule has 7 nitrogen and oxygen atoms in total. The minimum atomic E-state index is -1.68. The van der Waals surface area contributed by atoms with Gasteiger partial charge in [0, 0.05) is 19.2 Å². The Labute approximate surface area is 169 Å². The van der Waals surface area contributed by atoms with E-state index < -0.39 is 46.9 Å². The van der Waals surface area contributed by atoms with Gasteiger partial charge in [0.15, 0.2) is 23.2 Å². The summed E-state index contributed by atoms with van der Waals surface area (Å²) in [5.74, 6) is -7.68. The van der Waals surface area contributed by atoms with Crippen molar-refractivity contribution in [2.45, 2.75) is 18.9 Å². The van der Waals surface area contributed by atoms with Crippen LogP contribution in [0, 0.1) is 17.5 Å². The SMILES string of the molecule is COC(=O)CC(c1cc(F)c(F)c(F)c1)c1oc(CN2CCOCC2)cc(=O)c1O. The highest BCUT2D eigenvalue weighted by atomic mass is 19.2. The van der Waals surface area contributed by atoms with Gasteiger partial charge >= 0.3 is 5.97 Å². The molecule has 1 saturated heterocycles. The first-order valence-electron chi connectivity index (χ1n) is 9.17. The Morgan fingerprint density at radius 2 is 1.83 bits per heavy atom. The van der Waals surface area contributed by atoms with Crippen molar-refractivity contribution in [1.82, 2.24) is 4.90 Å². The highest BCUT2D eigenvalue weighted by Crippen LogP contribution is 2.34. The molecule has 1 aliphatic rings. The van der Waals surface area contributed by atoms with Gasteiger partial charge in [-0.2, -0.15) is 0 Å². The van der Waals surface area contributed by atoms with E-state index in [4.69, 9.17) is 9.15 Å². The van der Waals surface area contributed by atoms with Crippen LogP contribution in [0.2, 0.25) is 0 Å². The first-order chi connectivity index (χ1) is 14.3. The van der Waals surface area contributed by atoms with Crippen molar-refractivity contribution < 1.29 is 37.0 Å². The predicted molar refractivity (Wildman–Crippen MR) is 97.5 cm³/mol. The van der Waals surface area contributed by atoms with E-state index in [0.717, 1.165) is 13.2 Å². The maximum atomic E-state index is 13.8. The molecule has 0 radical (unpaired) electrons. The number of benzene rings is 1. The van der Waals surface area contributed by atoms with Crippen molar-refractivity contribution in [2.24, 2.45) is 0 Å². The van der Waals surface area contributed by atoms with Crippen LogP contribution in [-0.2, 0) is 20.8 Å². The molecule has 1 aromatic heterocycles. The molecule has 1 unspecified atom stereocenters. The van der Waals surface area contributed by atoms with Crippen LogP contribution in [-0.4, -0.2) is 49.4 Å². The van der Waals surface area contributed by atoms with E-state index in [0.29, 0.717) is 38.4 Å². The minimum absolute atomic E-state index is 0.188. The number of esters is 1. The molecular weight excluding hydrogens is 407 g/mol. The van der Waals surface area contributed by atoms with Crippen LogP contribution in [0.3, 0.4) is 0 Å². The molecular formula is C20H20F3NO6. The summed E-state index contributed by atoms with van der Waals surface area (Å²) < 4.78 is 56.5. The number of rotatable bonds is 6. The van der Waals surface area contributed by atoms with Crippen LogP contribution in [0.15, 0.2) is 27.4 Å². The fourth-order valence-corrected chi connectivity index (χ4v) is 3.24. The molecule has 0 saturated carbocycles. The smallest absolute Gasteiger partial charge is 0.306 e. The van der Waals surface area contributed by atoms with E-state index in [1.165, 1.54) is 0 Å². The summed E-state index contributed by atoms with van der Waals surface area (Å²) in [7, 11) is 1.11. The van der Waals surface area contributed by atoms with E-state index in [2.05, 4.69) is 4.74 Å². The van der Waals surface area contributed by atoms with Crippen LogP contribution in [0.25, 0.3) is 0 Å². The molecule has 0 amide bonds. The Bertz CT molecular complexity index is 964. The number of methoxy groups -OCH3 is 1. The Hall–Kier alpha value is -2.85. The number of halogens is 3. The molecule has 1 fully saturated rings. The zero-order valence-corrected chi connectivity index (χ0v) is 16.1. The van der Waals surface area contributed by atoms with Gasteiger partial charge in [-0.1, -0.05) is 0 Å². The van der Waals surface area contributed by atoms with Gasteiger partial charge in [-0.15, -0.1) is 0 Å². The van der Waals surface area contributed by atoms with E-state index in [1.807, 2.05) is 4.90 Å². The molecule has 1 N–H and O–H groups in total. The normalized spacial score (nSPS) is 15.7. The Morgan fingerprint density at radius 1 is 1.20 bits per heavy atom. The molecule has 1 aromatic carbocycles. The molecule has 0 spiro atoms. The highest BCUT2D eigenvalue weighted by molar-refractivity contribution is 5.71. The number of ether oxygens (including phenoxy) is 2. The summed E-state index contributed by atoms with van der Waals surface area (Å²) in [4.78, 5) is 26.2. The van der Waals surface area contributed by atoms with E-state index >= 15 is 0 Å². The van der Waals surface area contributed by atoms with Gasteiger partial charge in [-0.25, -0.2) is 13.2 Å². The van der Waals surface area contributed by atoms with Crippen LogP contribution in [0.4, 0.5) is 13.2 Å². The van der Waals surface area contributed by atoms with E-state index in [9.17, 15) is 27.9 Å². The largest absolute Gasteiger partial charge is 0.502 e. The van der Waals surface area contributed by atoms with Crippen molar-refractivity contribution in [3.05, 3.63) is 63.0 Å². The first-order valence-corrected chi connectivity index (χ1v) is 9.17. The molecule has 0 aliphatic carbocycles. The molecule has 2 heterocycles. The van der Waals surface area contributed by atoms with Crippen LogP contribution < -0.4 is 5.43 Å². The second kappa shape index (κ2) is 9.31. The van der Waals surface area contributed by atoms with Gasteiger partial charge in [0.1, 0.15) is 5.76 Å². The Balaban J connectivity index is 2.05. The lowest BCUT2D eigenvalue weighted by atomic mass is 9.92. The number of nitrogens with zero attached hydrogens (tertiary/aromatic N) is 1. The minimum Gasteiger partial charge on any atom is -0.502 e. The second-order valence-corrected chi connectivity index (χ2v) is 6.81. The van der Waals surface area contributed by atoms with Gasteiger partial charge in [0.25, 0.3) is 0 Å². The summed E-state index contributed by atoms with van der Waals surface area (Å²) in [6.07, 6.45) is -0.501. The predicted octanol–water partition coefficient (Wildman–Crippen LogP) is 2.29. The summed E-state index contributed by atoms with van der Waals surface area (Å²) in [5.41, 5.74) is -0.976.